The lowest BCUT2D eigenvalue weighted by Gasteiger charge is -2.23. The van der Waals surface area contributed by atoms with Gasteiger partial charge >= 0.3 is 0 Å². The van der Waals surface area contributed by atoms with Gasteiger partial charge in [0.15, 0.2) is 0 Å². The summed E-state index contributed by atoms with van der Waals surface area (Å²) < 4.78 is 5.28. The average molecular weight is 303 g/mol. The van der Waals surface area contributed by atoms with Crippen LogP contribution in [-0.2, 0) is 4.79 Å². The van der Waals surface area contributed by atoms with Crippen LogP contribution in [0.2, 0.25) is 0 Å². The minimum Gasteiger partial charge on any atom is -0.497 e. The molecule has 0 bridgehead atoms. The van der Waals surface area contributed by atoms with E-state index in [9.17, 15) is 4.79 Å². The van der Waals surface area contributed by atoms with Crippen molar-refractivity contribution in [3.63, 3.8) is 0 Å². The number of nitrogens with zero attached hydrogens (tertiary/aromatic N) is 1. The third-order valence-electron chi connectivity index (χ3n) is 4.09. The van der Waals surface area contributed by atoms with E-state index in [4.69, 9.17) is 4.74 Å². The van der Waals surface area contributed by atoms with Crippen molar-refractivity contribution in [3.8, 4) is 5.75 Å². The Morgan fingerprint density at radius 1 is 1.32 bits per heavy atom. The Kier molecular flexibility index (Phi) is 6.13. The third kappa shape index (κ3) is 4.95. The van der Waals surface area contributed by atoms with Crippen LogP contribution < -0.4 is 9.64 Å². The molecule has 0 radical (unpaired) electrons. The number of rotatable bonds is 6. The molecule has 1 aromatic rings. The van der Waals surface area contributed by atoms with Crippen molar-refractivity contribution in [3.05, 3.63) is 29.8 Å². The molecule has 0 aromatic heterocycles. The molecule has 4 nitrogen and oxygen atoms in total. The van der Waals surface area contributed by atoms with Gasteiger partial charge in [-0.1, -0.05) is 12.1 Å². The summed E-state index contributed by atoms with van der Waals surface area (Å²) >= 11 is 0. The number of nitrogens with one attached hydrogen (secondary N) is 1. The summed E-state index contributed by atoms with van der Waals surface area (Å²) in [5.41, 5.74) is 2.25. The first-order valence-electron chi connectivity index (χ1n) is 8.05. The molecule has 1 saturated carbocycles. The van der Waals surface area contributed by atoms with Crippen LogP contribution in [0.4, 0.5) is 0 Å². The fourth-order valence-corrected chi connectivity index (χ4v) is 2.92. The first kappa shape index (κ1) is 16.7. The minimum atomic E-state index is 0.245. The van der Waals surface area contributed by atoms with Gasteiger partial charge in [0.1, 0.15) is 11.5 Å². The molecular weight excluding hydrogens is 276 g/mol. The van der Waals surface area contributed by atoms with E-state index in [1.54, 1.807) is 7.11 Å². The Labute approximate surface area is 133 Å². The topological polar surface area (TPSA) is 43.1 Å². The largest absolute Gasteiger partial charge is 0.497 e. The highest BCUT2D eigenvalue weighted by atomic mass is 16.5. The normalized spacial score (nSPS) is 20.6. The highest BCUT2D eigenvalue weighted by molar-refractivity contribution is 6.05. The van der Waals surface area contributed by atoms with Gasteiger partial charge in [0, 0.05) is 31.5 Å². The number of carbonyl (C=O) groups is 1. The molecule has 0 saturated heterocycles. The van der Waals surface area contributed by atoms with Gasteiger partial charge in [0.25, 0.3) is 0 Å². The van der Waals surface area contributed by atoms with Crippen LogP contribution in [-0.4, -0.2) is 45.8 Å². The second kappa shape index (κ2) is 8.08. The summed E-state index contributed by atoms with van der Waals surface area (Å²) in [5.74, 6) is 1.40. The summed E-state index contributed by atoms with van der Waals surface area (Å²) in [6, 6.07) is 8.05. The Balaban J connectivity index is 2.01. The maximum Gasteiger partial charge on any atom is 0.139 e. The molecule has 1 aromatic carbocycles. The summed E-state index contributed by atoms with van der Waals surface area (Å²) in [6.45, 7) is 1.95. The van der Waals surface area contributed by atoms with E-state index in [0.29, 0.717) is 18.6 Å². The lowest BCUT2D eigenvalue weighted by Crippen LogP contribution is -3.05. The lowest BCUT2D eigenvalue weighted by molar-refractivity contribution is -0.858. The number of methoxy groups -OCH3 is 1. The molecule has 0 heterocycles. The van der Waals surface area contributed by atoms with Crippen LogP contribution in [0.5, 0.6) is 5.75 Å². The first-order chi connectivity index (χ1) is 10.6. The summed E-state index contributed by atoms with van der Waals surface area (Å²) in [7, 11) is 5.97. The van der Waals surface area contributed by atoms with Gasteiger partial charge in [-0.3, -0.25) is 9.79 Å². The molecule has 1 aliphatic rings. The van der Waals surface area contributed by atoms with E-state index in [2.05, 4.69) is 25.2 Å². The first-order valence-corrected chi connectivity index (χ1v) is 8.05. The number of benzene rings is 1. The Bertz CT molecular complexity index is 538. The van der Waals surface area contributed by atoms with Crippen molar-refractivity contribution >= 4 is 11.5 Å². The fourth-order valence-electron chi connectivity index (χ4n) is 2.92. The number of hydrogen-bond donors (Lipinski definition) is 1. The van der Waals surface area contributed by atoms with E-state index >= 15 is 0 Å². The van der Waals surface area contributed by atoms with E-state index < -0.39 is 0 Å². The van der Waals surface area contributed by atoms with Gasteiger partial charge in [-0.25, -0.2) is 0 Å². The monoisotopic (exact) mass is 303 g/mol. The van der Waals surface area contributed by atoms with Gasteiger partial charge in [-0.15, -0.1) is 0 Å². The summed E-state index contributed by atoms with van der Waals surface area (Å²) in [6.07, 6.45) is 3.13. The maximum atomic E-state index is 12.0. The van der Waals surface area contributed by atoms with Gasteiger partial charge in [-0.2, -0.15) is 0 Å². The van der Waals surface area contributed by atoms with Crippen molar-refractivity contribution in [2.24, 2.45) is 4.99 Å². The van der Waals surface area contributed by atoms with E-state index in [-0.39, 0.29) is 5.92 Å². The van der Waals surface area contributed by atoms with Crippen molar-refractivity contribution in [1.29, 1.82) is 0 Å². The van der Waals surface area contributed by atoms with Crippen molar-refractivity contribution in [1.82, 2.24) is 0 Å². The minimum absolute atomic E-state index is 0.245. The zero-order valence-electron chi connectivity index (χ0n) is 13.9. The number of Topliss-reactive ketones (excluding diaryl/α,β-unsaturated/α-hetero) is 1. The third-order valence-corrected chi connectivity index (χ3v) is 4.09. The molecule has 1 atom stereocenters. The van der Waals surface area contributed by atoms with E-state index in [0.717, 1.165) is 37.4 Å². The molecule has 2 rings (SSSR count). The number of aliphatic imine (C=N–C) groups is 1. The van der Waals surface area contributed by atoms with Gasteiger partial charge in [-0.05, 0) is 30.0 Å². The quantitative estimate of drug-likeness (QED) is 0.810. The second-order valence-electron chi connectivity index (χ2n) is 6.36. The number of hydrogen-bond acceptors (Lipinski definition) is 3. The standard InChI is InChI=1S/C18H26N2O2/c1-20(2)9-5-8-19-16-10-15(11-17(21)13-16)14-6-4-7-18(12-14)22-3/h4,6-7,12,15H,5,8-11,13H2,1-3H3/p+1/t15-/m0/s1. The number of quaternary nitrogens is 1. The highest BCUT2D eigenvalue weighted by Crippen LogP contribution is 2.31. The number of ether oxygens (including phenoxy) is 1. The molecule has 0 unspecified atom stereocenters. The molecular formula is C18H27N2O2+. The van der Waals surface area contributed by atoms with Crippen LogP contribution in [0.15, 0.2) is 29.3 Å². The molecule has 0 amide bonds. The predicted molar refractivity (Wildman–Crippen MR) is 89.2 cm³/mol. The van der Waals surface area contributed by atoms with Crippen molar-refractivity contribution in [2.75, 3.05) is 34.3 Å². The van der Waals surface area contributed by atoms with Crippen LogP contribution in [0.3, 0.4) is 0 Å². The van der Waals surface area contributed by atoms with Crippen LogP contribution in [0.1, 0.15) is 37.2 Å². The molecule has 1 N–H and O–H groups in total. The molecule has 0 aliphatic heterocycles. The molecule has 4 heteroatoms. The Hall–Kier alpha value is -1.68. The van der Waals surface area contributed by atoms with Crippen molar-refractivity contribution in [2.45, 2.75) is 31.6 Å². The Morgan fingerprint density at radius 3 is 2.86 bits per heavy atom. The van der Waals surface area contributed by atoms with Crippen LogP contribution >= 0.6 is 0 Å². The van der Waals surface area contributed by atoms with Crippen LogP contribution in [0, 0.1) is 0 Å². The van der Waals surface area contributed by atoms with Gasteiger partial charge in [0.05, 0.1) is 27.7 Å². The molecule has 22 heavy (non-hydrogen) atoms. The van der Waals surface area contributed by atoms with Gasteiger partial charge < -0.3 is 9.64 Å². The molecule has 120 valence electrons. The predicted octanol–water partition coefficient (Wildman–Crippen LogP) is 1.51. The second-order valence-corrected chi connectivity index (χ2v) is 6.36. The number of carbonyl (C=O) groups excluding carboxylic acids is 1. The van der Waals surface area contributed by atoms with Crippen LogP contribution in [0.25, 0.3) is 0 Å². The highest BCUT2D eigenvalue weighted by Gasteiger charge is 2.25. The Morgan fingerprint density at radius 2 is 2.14 bits per heavy atom. The SMILES string of the molecule is COc1cccc([C@@H]2CC(=O)CC(=NCCC[NH+](C)C)C2)c1. The fraction of sp³-hybridized carbons (Fsp3) is 0.556. The summed E-state index contributed by atoms with van der Waals surface area (Å²) in [4.78, 5) is 18.2. The molecule has 1 aliphatic carbocycles. The van der Waals surface area contributed by atoms with E-state index in [1.807, 2.05) is 18.2 Å². The smallest absolute Gasteiger partial charge is 0.139 e. The molecule has 1 fully saturated rings. The maximum absolute atomic E-state index is 12.0. The number of ketones is 1. The average Bonchev–Trinajstić information content (AvgIpc) is 2.51. The lowest BCUT2D eigenvalue weighted by atomic mass is 9.82. The van der Waals surface area contributed by atoms with E-state index in [1.165, 1.54) is 10.5 Å². The van der Waals surface area contributed by atoms with Gasteiger partial charge in [0.2, 0.25) is 0 Å². The zero-order chi connectivity index (χ0) is 15.9. The van der Waals surface area contributed by atoms with Crippen molar-refractivity contribution < 1.29 is 14.4 Å². The molecule has 0 spiro atoms. The summed E-state index contributed by atoms with van der Waals surface area (Å²) in [5, 5.41) is 0. The zero-order valence-corrected chi connectivity index (χ0v) is 13.9.